The van der Waals surface area contributed by atoms with Gasteiger partial charge in [0.15, 0.2) is 0 Å². The molecule has 1 aliphatic carbocycles. The van der Waals surface area contributed by atoms with Crippen molar-refractivity contribution in [3.05, 3.63) is 141 Å². The van der Waals surface area contributed by atoms with E-state index in [0.29, 0.717) is 59.4 Å². The number of aliphatic hydroxyl groups is 1. The lowest BCUT2D eigenvalue weighted by molar-refractivity contribution is -0.0789. The van der Waals surface area contributed by atoms with Crippen LogP contribution in [0.15, 0.2) is 108 Å². The molecule has 1 aromatic heterocycles. The van der Waals surface area contributed by atoms with Crippen LogP contribution in [0.25, 0.3) is 10.9 Å². The number of rotatable bonds is 15. The van der Waals surface area contributed by atoms with Crippen molar-refractivity contribution in [2.75, 3.05) is 39.3 Å². The zero-order valence-electron chi connectivity index (χ0n) is 33.8. The van der Waals surface area contributed by atoms with Crippen LogP contribution in [-0.4, -0.2) is 77.1 Å². The number of benzene rings is 4. The molecule has 1 amide bonds. The number of alkyl carbamates (subject to hydrolysis) is 1. The van der Waals surface area contributed by atoms with E-state index in [1.54, 1.807) is 24.3 Å². The van der Waals surface area contributed by atoms with E-state index in [2.05, 4.69) is 20.5 Å². The van der Waals surface area contributed by atoms with E-state index in [0.717, 1.165) is 87.8 Å². The first kappa shape index (κ1) is 41.1. The molecule has 1 saturated carbocycles. The van der Waals surface area contributed by atoms with Crippen LogP contribution in [0.2, 0.25) is 0 Å². The van der Waals surface area contributed by atoms with Gasteiger partial charge in [-0.15, -0.1) is 0 Å². The van der Waals surface area contributed by atoms with Gasteiger partial charge in [0, 0.05) is 56.9 Å². The van der Waals surface area contributed by atoms with Gasteiger partial charge in [0.05, 0.1) is 29.8 Å². The van der Waals surface area contributed by atoms with Gasteiger partial charge in [0.1, 0.15) is 23.7 Å². The van der Waals surface area contributed by atoms with Crippen LogP contribution >= 0.6 is 0 Å². The average Bonchev–Trinajstić information content (AvgIpc) is 3.28. The number of nitrogens with zero attached hydrogens (tertiary/aromatic N) is 1. The summed E-state index contributed by atoms with van der Waals surface area (Å²) in [4.78, 5) is 43.1. The van der Waals surface area contributed by atoms with Crippen molar-refractivity contribution in [1.29, 1.82) is 0 Å². The van der Waals surface area contributed by atoms with Crippen molar-refractivity contribution in [1.82, 2.24) is 20.5 Å². The Morgan fingerprint density at radius 2 is 1.55 bits per heavy atom. The third kappa shape index (κ3) is 10.0. The molecular weight excluding hydrogens is 761 g/mol. The number of phenolic OH excluding ortho intramolecular Hbond substituents is 1. The number of phenols is 1. The Labute approximate surface area is 349 Å². The quantitative estimate of drug-likeness (QED) is 0.0687. The van der Waals surface area contributed by atoms with Crippen LogP contribution in [0.4, 0.5) is 4.79 Å². The summed E-state index contributed by atoms with van der Waals surface area (Å²) in [5.41, 5.74) is 3.49. The Morgan fingerprint density at radius 3 is 2.30 bits per heavy atom. The summed E-state index contributed by atoms with van der Waals surface area (Å²) < 4.78 is 18.1. The van der Waals surface area contributed by atoms with Gasteiger partial charge in [-0.25, -0.2) is 9.59 Å². The molecule has 9 rings (SSSR count). The number of nitrogens with one attached hydrogen (secondary N) is 3. The van der Waals surface area contributed by atoms with Gasteiger partial charge in [-0.2, -0.15) is 0 Å². The molecule has 3 aliphatic heterocycles. The maximum absolute atomic E-state index is 13.3. The predicted octanol–water partition coefficient (Wildman–Crippen LogP) is 7.15. The highest BCUT2D eigenvalue weighted by molar-refractivity contribution is 5.89. The highest BCUT2D eigenvalue weighted by Crippen LogP contribution is 2.36. The SMILES string of the molecule is O=C(NC(c1ccccc1)c1cccc(OCc2ccc(C(=O)OCC3CCC(CNC[C@@H](O)c4ccc(O)c5[nH]c(=O)ccc45)CC3)cc2)c1)OC12CCN(CC1)CC2. The largest absolute Gasteiger partial charge is 0.506 e. The second-order valence-corrected chi connectivity index (χ2v) is 16.7. The molecular formula is C48H54N4O8. The summed E-state index contributed by atoms with van der Waals surface area (Å²) in [6.45, 7) is 4.70. The first-order valence-corrected chi connectivity index (χ1v) is 21.2. The highest BCUT2D eigenvalue weighted by atomic mass is 16.6. The number of esters is 1. The molecule has 2 bridgehead atoms. The summed E-state index contributed by atoms with van der Waals surface area (Å²) in [6.07, 6.45) is 5.33. The van der Waals surface area contributed by atoms with Crippen LogP contribution in [0.5, 0.6) is 11.5 Å². The lowest BCUT2D eigenvalue weighted by Crippen LogP contribution is -2.55. The molecule has 2 atom stereocenters. The van der Waals surface area contributed by atoms with Crippen LogP contribution in [0.3, 0.4) is 0 Å². The molecule has 12 heteroatoms. The number of hydrogen-bond acceptors (Lipinski definition) is 10. The van der Waals surface area contributed by atoms with E-state index in [9.17, 15) is 24.6 Å². The monoisotopic (exact) mass is 814 g/mol. The van der Waals surface area contributed by atoms with Crippen LogP contribution < -0.4 is 20.9 Å². The van der Waals surface area contributed by atoms with E-state index in [1.165, 1.54) is 12.1 Å². The highest BCUT2D eigenvalue weighted by Gasteiger charge is 2.43. The van der Waals surface area contributed by atoms with Gasteiger partial charge in [-0.3, -0.25) is 4.79 Å². The number of piperidine rings is 3. The first-order chi connectivity index (χ1) is 29.2. The molecule has 1 unspecified atom stereocenters. The van der Waals surface area contributed by atoms with Crippen LogP contribution in [0, 0.1) is 11.8 Å². The molecule has 5 N–H and O–H groups in total. The topological polar surface area (TPSA) is 162 Å². The van der Waals surface area contributed by atoms with Crippen molar-refractivity contribution in [2.24, 2.45) is 11.8 Å². The molecule has 0 spiro atoms. The van der Waals surface area contributed by atoms with Gasteiger partial charge >= 0.3 is 12.1 Å². The fourth-order valence-electron chi connectivity index (χ4n) is 8.95. The lowest BCUT2D eigenvalue weighted by atomic mass is 9.82. The fraction of sp³-hybridized carbons (Fsp3) is 0.396. The number of aromatic amines is 1. The van der Waals surface area contributed by atoms with E-state index in [1.807, 2.05) is 66.7 Å². The number of ether oxygens (including phenoxy) is 3. The van der Waals surface area contributed by atoms with Crippen LogP contribution in [0.1, 0.15) is 89.7 Å². The number of amides is 1. The zero-order valence-corrected chi connectivity index (χ0v) is 33.8. The molecule has 4 heterocycles. The number of hydrogen-bond donors (Lipinski definition) is 5. The van der Waals surface area contributed by atoms with E-state index in [-0.39, 0.29) is 22.9 Å². The van der Waals surface area contributed by atoms with Gasteiger partial charge in [0.25, 0.3) is 0 Å². The Kier molecular flexibility index (Phi) is 12.8. The number of aromatic nitrogens is 1. The molecule has 60 heavy (non-hydrogen) atoms. The van der Waals surface area contributed by atoms with Crippen LogP contribution in [-0.2, 0) is 16.1 Å². The second-order valence-electron chi connectivity index (χ2n) is 16.7. The molecule has 4 fully saturated rings. The number of aromatic hydroxyl groups is 1. The van der Waals surface area contributed by atoms with Crippen molar-refractivity contribution >= 4 is 23.0 Å². The van der Waals surface area contributed by atoms with E-state index < -0.39 is 18.2 Å². The smallest absolute Gasteiger partial charge is 0.408 e. The third-order valence-corrected chi connectivity index (χ3v) is 12.6. The number of fused-ring (bicyclic) bond motifs is 4. The predicted molar refractivity (Wildman–Crippen MR) is 228 cm³/mol. The Hall–Kier alpha value is -5.69. The standard InChI is InChI=1S/C48H54N4O8/c53-41-19-17-39(40-18-20-43(55)50-45(40)41)42(54)29-49-28-32-9-11-33(12-10-32)31-59-46(56)36-15-13-34(14-16-36)30-58-38-8-4-7-37(27-38)44(35-5-2-1-3-6-35)51-47(57)60-48-21-24-52(25-22-48)26-23-48/h1-8,13-20,27,32-33,42,44,49,53-54H,9-12,21-26,28-31H2,(H,50,55)(H,51,57)/t32?,33?,42-,44?/m1/s1. The average molecular weight is 815 g/mol. The molecule has 0 radical (unpaired) electrons. The third-order valence-electron chi connectivity index (χ3n) is 12.6. The number of carbonyl (C=O) groups excluding carboxylic acids is 2. The normalized spacial score (nSPS) is 22.1. The number of pyridine rings is 1. The molecule has 4 aromatic carbocycles. The Balaban J connectivity index is 0.771. The molecule has 3 saturated heterocycles. The maximum Gasteiger partial charge on any atom is 0.408 e. The summed E-state index contributed by atoms with van der Waals surface area (Å²) >= 11 is 0. The van der Waals surface area contributed by atoms with E-state index >= 15 is 0 Å². The van der Waals surface area contributed by atoms with Gasteiger partial charge in [-0.05, 0) is 103 Å². The summed E-state index contributed by atoms with van der Waals surface area (Å²) in [7, 11) is 0. The van der Waals surface area contributed by atoms with E-state index in [4.69, 9.17) is 14.2 Å². The molecule has 4 aliphatic rings. The number of carbonyl (C=O) groups is 2. The number of aliphatic hydroxyl groups excluding tert-OH is 1. The summed E-state index contributed by atoms with van der Waals surface area (Å²) in [5, 5.41) is 28.2. The minimum atomic E-state index is -0.797. The van der Waals surface area contributed by atoms with Crippen molar-refractivity contribution in [3.8, 4) is 11.5 Å². The molecule has 12 nitrogen and oxygen atoms in total. The Morgan fingerprint density at radius 1 is 0.833 bits per heavy atom. The first-order valence-electron chi connectivity index (χ1n) is 21.2. The molecule has 314 valence electrons. The molecule has 5 aromatic rings. The zero-order chi connectivity index (χ0) is 41.5. The number of H-pyrrole nitrogens is 1. The summed E-state index contributed by atoms with van der Waals surface area (Å²) in [6, 6.07) is 30.7. The second kappa shape index (κ2) is 18.7. The Bertz CT molecular complexity index is 2290. The van der Waals surface area contributed by atoms with Gasteiger partial charge in [-0.1, -0.05) is 60.7 Å². The minimum Gasteiger partial charge on any atom is -0.506 e. The van der Waals surface area contributed by atoms with Crippen molar-refractivity contribution < 1.29 is 34.0 Å². The van der Waals surface area contributed by atoms with Crippen molar-refractivity contribution in [2.45, 2.75) is 69.3 Å². The summed E-state index contributed by atoms with van der Waals surface area (Å²) in [5.74, 6) is 1.05. The maximum atomic E-state index is 13.3. The van der Waals surface area contributed by atoms with Gasteiger partial charge in [0.2, 0.25) is 5.56 Å². The van der Waals surface area contributed by atoms with Gasteiger partial charge < -0.3 is 44.9 Å². The van der Waals surface area contributed by atoms with Crippen molar-refractivity contribution in [3.63, 3.8) is 0 Å². The lowest BCUT2D eigenvalue weighted by Gasteiger charge is -2.47. The fourth-order valence-corrected chi connectivity index (χ4v) is 8.95. The minimum absolute atomic E-state index is 0.0319.